The number of carbonyl (C=O) groups excluding carboxylic acids is 2. The number of hydrogen-bond acceptors (Lipinski definition) is 9. The van der Waals surface area contributed by atoms with Crippen molar-refractivity contribution >= 4 is 19.8 Å². The molecule has 0 bridgehead atoms. The summed E-state index contributed by atoms with van der Waals surface area (Å²) in [7, 11) is -4.62. The van der Waals surface area contributed by atoms with Crippen LogP contribution in [-0.2, 0) is 32.7 Å². The van der Waals surface area contributed by atoms with E-state index in [1.54, 1.807) is 0 Å². The molecule has 0 aliphatic carbocycles. The maximum atomic E-state index is 12.6. The van der Waals surface area contributed by atoms with E-state index in [1.807, 2.05) is 0 Å². The van der Waals surface area contributed by atoms with Crippen LogP contribution in [0.25, 0.3) is 0 Å². The second kappa shape index (κ2) is 40.6. The van der Waals surface area contributed by atoms with E-state index in [4.69, 9.17) is 23.6 Å². The molecule has 0 saturated carbocycles. The van der Waals surface area contributed by atoms with Gasteiger partial charge in [0, 0.05) is 12.8 Å². The smallest absolute Gasteiger partial charge is 0.462 e. The number of unbranched alkanes of at least 4 members (excludes halogenated alkanes) is 24. The first-order valence-electron chi connectivity index (χ1n) is 22.3. The zero-order valence-corrected chi connectivity index (χ0v) is 36.0. The summed E-state index contributed by atoms with van der Waals surface area (Å²) >= 11 is 0. The molecular formula is C44H83O10P. The van der Waals surface area contributed by atoms with E-state index in [-0.39, 0.29) is 19.4 Å². The molecule has 3 atom stereocenters. The molecule has 0 rings (SSSR count). The molecule has 0 aliphatic heterocycles. The zero-order valence-electron chi connectivity index (χ0n) is 35.2. The van der Waals surface area contributed by atoms with Crippen molar-refractivity contribution in [3.8, 4) is 0 Å². The summed E-state index contributed by atoms with van der Waals surface area (Å²) in [5, 5.41) is 18.3. The van der Waals surface area contributed by atoms with Gasteiger partial charge in [0.25, 0.3) is 0 Å². The van der Waals surface area contributed by atoms with E-state index in [1.165, 1.54) is 116 Å². The number of allylic oxidation sites excluding steroid dienone is 4. The van der Waals surface area contributed by atoms with Crippen molar-refractivity contribution in [2.45, 2.75) is 219 Å². The standard InChI is InChI=1S/C44H83O10P/c1-3-5-7-9-11-13-15-17-19-20-22-24-26-28-30-32-34-36-44(48)54-42(40-53-55(49,50)52-38-41(46)37-45)39-51-43(47)35-33-31-29-27-25-23-21-18-16-14-12-10-8-6-4-2/h11,13,17,19,41-42,45-46H,3-10,12,14-16,18,20-40H2,1-2H3,(H,49,50)/b13-11+,19-17+/t41-,42+/m0/s1. The SMILES string of the molecule is CCCCC/C=C/C/C=C/CCCCCCCCCC(=O)O[C@H](COC(=O)CCCCCCCCCCCCCCCCC)COP(=O)(O)OC[C@@H](O)CO. The van der Waals surface area contributed by atoms with Crippen LogP contribution in [0.5, 0.6) is 0 Å². The number of carbonyl (C=O) groups is 2. The van der Waals surface area contributed by atoms with Gasteiger partial charge in [-0.3, -0.25) is 18.6 Å². The Kier molecular flexibility index (Phi) is 39.5. The Morgan fingerprint density at radius 1 is 0.545 bits per heavy atom. The van der Waals surface area contributed by atoms with Gasteiger partial charge in [-0.1, -0.05) is 173 Å². The Morgan fingerprint density at radius 2 is 0.945 bits per heavy atom. The van der Waals surface area contributed by atoms with Crippen LogP contribution < -0.4 is 0 Å². The monoisotopic (exact) mass is 803 g/mol. The second-order valence-electron chi connectivity index (χ2n) is 15.1. The van der Waals surface area contributed by atoms with Gasteiger partial charge < -0.3 is 24.6 Å². The van der Waals surface area contributed by atoms with E-state index in [0.717, 1.165) is 51.4 Å². The normalized spacial score (nSPS) is 14.1. The van der Waals surface area contributed by atoms with Crippen molar-refractivity contribution in [2.75, 3.05) is 26.4 Å². The Bertz CT molecular complexity index is 972. The molecule has 0 heterocycles. The molecule has 0 amide bonds. The summed E-state index contributed by atoms with van der Waals surface area (Å²) in [6.45, 7) is 2.37. The van der Waals surface area contributed by atoms with Crippen LogP contribution in [-0.4, -0.2) is 65.7 Å². The summed E-state index contributed by atoms with van der Waals surface area (Å²) in [5.41, 5.74) is 0. The summed E-state index contributed by atoms with van der Waals surface area (Å²) < 4.78 is 32.7. The average molecular weight is 803 g/mol. The van der Waals surface area contributed by atoms with Gasteiger partial charge in [-0.05, 0) is 44.9 Å². The first-order valence-corrected chi connectivity index (χ1v) is 23.8. The lowest BCUT2D eigenvalue weighted by molar-refractivity contribution is -0.161. The fraction of sp³-hybridized carbons (Fsp3) is 0.864. The van der Waals surface area contributed by atoms with Crippen LogP contribution in [0.2, 0.25) is 0 Å². The highest BCUT2D eigenvalue weighted by molar-refractivity contribution is 7.47. The quantitative estimate of drug-likeness (QED) is 0.0236. The van der Waals surface area contributed by atoms with Gasteiger partial charge in [0.2, 0.25) is 0 Å². The molecule has 3 N–H and O–H groups in total. The number of hydrogen-bond donors (Lipinski definition) is 3. The fourth-order valence-corrected chi connectivity index (χ4v) is 6.93. The first kappa shape index (κ1) is 53.5. The number of phosphoric ester groups is 1. The summed E-state index contributed by atoms with van der Waals surface area (Å²) in [4.78, 5) is 35.0. The van der Waals surface area contributed by atoms with Crippen molar-refractivity contribution in [1.29, 1.82) is 0 Å². The van der Waals surface area contributed by atoms with Crippen molar-refractivity contribution in [2.24, 2.45) is 0 Å². The van der Waals surface area contributed by atoms with E-state index < -0.39 is 51.8 Å². The molecule has 0 radical (unpaired) electrons. The topological polar surface area (TPSA) is 149 Å². The number of esters is 2. The Labute approximate surface area is 336 Å². The minimum Gasteiger partial charge on any atom is -0.462 e. The fourth-order valence-electron chi connectivity index (χ4n) is 6.14. The molecule has 0 saturated heterocycles. The van der Waals surface area contributed by atoms with Gasteiger partial charge >= 0.3 is 19.8 Å². The lowest BCUT2D eigenvalue weighted by atomic mass is 10.0. The largest absolute Gasteiger partial charge is 0.472 e. The molecule has 0 aromatic carbocycles. The van der Waals surface area contributed by atoms with Gasteiger partial charge in [0.15, 0.2) is 6.10 Å². The van der Waals surface area contributed by atoms with Gasteiger partial charge in [-0.2, -0.15) is 0 Å². The van der Waals surface area contributed by atoms with E-state index in [9.17, 15) is 24.2 Å². The molecule has 1 unspecified atom stereocenters. The van der Waals surface area contributed by atoms with Gasteiger partial charge in [0.1, 0.15) is 12.7 Å². The summed E-state index contributed by atoms with van der Waals surface area (Å²) in [6, 6.07) is 0. The van der Waals surface area contributed by atoms with Crippen molar-refractivity contribution in [3.05, 3.63) is 24.3 Å². The van der Waals surface area contributed by atoms with Crippen LogP contribution in [0.1, 0.15) is 206 Å². The minimum absolute atomic E-state index is 0.178. The number of ether oxygens (including phenoxy) is 2. The minimum atomic E-state index is -4.62. The maximum absolute atomic E-state index is 12.6. The molecule has 11 heteroatoms. The highest BCUT2D eigenvalue weighted by Crippen LogP contribution is 2.43. The Balaban J connectivity index is 4.27. The van der Waals surface area contributed by atoms with Gasteiger partial charge in [0.05, 0.1) is 19.8 Å². The molecule has 55 heavy (non-hydrogen) atoms. The van der Waals surface area contributed by atoms with Crippen molar-refractivity contribution in [3.63, 3.8) is 0 Å². The molecule has 324 valence electrons. The highest BCUT2D eigenvalue weighted by atomic mass is 31.2. The third-order valence-corrected chi connectivity index (χ3v) is 10.6. The van der Waals surface area contributed by atoms with Crippen LogP contribution in [0.15, 0.2) is 24.3 Å². The summed E-state index contributed by atoms with van der Waals surface area (Å²) in [6.07, 6.45) is 39.9. The molecule has 0 aromatic rings. The van der Waals surface area contributed by atoms with E-state index >= 15 is 0 Å². The van der Waals surface area contributed by atoms with Gasteiger partial charge in [-0.15, -0.1) is 0 Å². The van der Waals surface area contributed by atoms with Crippen LogP contribution in [0.3, 0.4) is 0 Å². The molecule has 10 nitrogen and oxygen atoms in total. The lowest BCUT2D eigenvalue weighted by Gasteiger charge is -2.20. The predicted molar refractivity (Wildman–Crippen MR) is 224 cm³/mol. The molecule has 0 aromatic heterocycles. The molecule has 0 spiro atoms. The van der Waals surface area contributed by atoms with Crippen LogP contribution in [0.4, 0.5) is 0 Å². The Morgan fingerprint density at radius 3 is 1.44 bits per heavy atom. The summed E-state index contributed by atoms with van der Waals surface area (Å²) in [5.74, 6) is -0.925. The van der Waals surface area contributed by atoms with E-state index in [0.29, 0.717) is 12.8 Å². The molecular weight excluding hydrogens is 719 g/mol. The second-order valence-corrected chi connectivity index (χ2v) is 16.5. The number of aliphatic hydroxyl groups is 2. The number of phosphoric acid groups is 1. The van der Waals surface area contributed by atoms with Crippen LogP contribution >= 0.6 is 7.82 Å². The van der Waals surface area contributed by atoms with Crippen molar-refractivity contribution in [1.82, 2.24) is 0 Å². The molecule has 0 fully saturated rings. The number of rotatable bonds is 42. The lowest BCUT2D eigenvalue weighted by Crippen LogP contribution is -2.29. The third kappa shape index (κ3) is 40.4. The third-order valence-electron chi connectivity index (χ3n) is 9.61. The predicted octanol–water partition coefficient (Wildman–Crippen LogP) is 11.8. The van der Waals surface area contributed by atoms with Gasteiger partial charge in [-0.25, -0.2) is 4.57 Å². The Hall–Kier alpha value is -1.55. The van der Waals surface area contributed by atoms with Crippen LogP contribution in [0, 0.1) is 0 Å². The average Bonchev–Trinajstić information content (AvgIpc) is 3.17. The first-order chi connectivity index (χ1) is 26.7. The number of aliphatic hydroxyl groups excluding tert-OH is 2. The zero-order chi connectivity index (χ0) is 40.5. The maximum Gasteiger partial charge on any atom is 0.472 e. The van der Waals surface area contributed by atoms with Crippen molar-refractivity contribution < 1.29 is 47.8 Å². The molecule has 0 aliphatic rings. The highest BCUT2D eigenvalue weighted by Gasteiger charge is 2.27. The van der Waals surface area contributed by atoms with E-state index in [2.05, 4.69) is 38.2 Å².